The zero-order valence-electron chi connectivity index (χ0n) is 15.7. The summed E-state index contributed by atoms with van der Waals surface area (Å²) in [5.74, 6) is -0.285. The molecule has 26 heavy (non-hydrogen) atoms. The number of piperidine rings is 1. The van der Waals surface area contributed by atoms with Crippen molar-refractivity contribution in [2.24, 2.45) is 0 Å². The molecule has 6 heteroatoms. The first-order valence-electron chi connectivity index (χ1n) is 9.38. The van der Waals surface area contributed by atoms with Gasteiger partial charge in [-0.15, -0.1) is 0 Å². The predicted octanol–water partition coefficient (Wildman–Crippen LogP) is 1.14. The second-order valence-electron chi connectivity index (χ2n) is 8.06. The summed E-state index contributed by atoms with van der Waals surface area (Å²) < 4.78 is 0. The number of amides is 2. The minimum atomic E-state index is -1.03. The van der Waals surface area contributed by atoms with E-state index in [2.05, 4.69) is 22.3 Å². The molecule has 0 radical (unpaired) electrons. The average Bonchev–Trinajstić information content (AvgIpc) is 2.57. The number of carbonyl (C=O) groups is 2. The van der Waals surface area contributed by atoms with E-state index in [-0.39, 0.29) is 18.2 Å². The summed E-state index contributed by atoms with van der Waals surface area (Å²) in [5, 5.41) is 13.9. The van der Waals surface area contributed by atoms with Crippen molar-refractivity contribution < 1.29 is 14.7 Å². The van der Waals surface area contributed by atoms with Crippen molar-refractivity contribution in [3.63, 3.8) is 0 Å². The predicted molar refractivity (Wildman–Crippen MR) is 99.3 cm³/mol. The van der Waals surface area contributed by atoms with Crippen LogP contribution in [0.5, 0.6) is 0 Å². The van der Waals surface area contributed by atoms with E-state index in [9.17, 15) is 14.7 Å². The quantitative estimate of drug-likeness (QED) is 0.846. The highest BCUT2D eigenvalue weighted by atomic mass is 16.3. The number of hydrogen-bond acceptors (Lipinski definition) is 4. The maximum Gasteiger partial charge on any atom is 0.245 e. The molecule has 2 aliphatic heterocycles. The molecule has 1 aromatic carbocycles. The van der Waals surface area contributed by atoms with Crippen LogP contribution in [0.3, 0.4) is 0 Å². The molecule has 0 bridgehead atoms. The van der Waals surface area contributed by atoms with Crippen LogP contribution in [0.2, 0.25) is 0 Å². The lowest BCUT2D eigenvalue weighted by Crippen LogP contribution is -2.64. The standard InChI is InChI=1S/C20H29N3O3/c1-19(2)18(25)21-10-12-23(19)17(24)13-20(26)9-6-11-22(15-20)14-16-7-4-3-5-8-16/h3-5,7-8,26H,6,9-15H2,1-2H3,(H,21,25). The average molecular weight is 359 g/mol. The summed E-state index contributed by atoms with van der Waals surface area (Å²) in [7, 11) is 0. The molecular formula is C20H29N3O3. The molecule has 0 aliphatic carbocycles. The molecular weight excluding hydrogens is 330 g/mol. The summed E-state index contributed by atoms with van der Waals surface area (Å²) in [6.07, 6.45) is 1.54. The number of rotatable bonds is 4. The van der Waals surface area contributed by atoms with Gasteiger partial charge in [0.2, 0.25) is 11.8 Å². The van der Waals surface area contributed by atoms with Gasteiger partial charge in [-0.2, -0.15) is 0 Å². The second-order valence-corrected chi connectivity index (χ2v) is 8.06. The Hall–Kier alpha value is -1.92. The fourth-order valence-electron chi connectivity index (χ4n) is 4.04. The third kappa shape index (κ3) is 4.07. The number of nitrogens with zero attached hydrogens (tertiary/aromatic N) is 2. The van der Waals surface area contributed by atoms with Gasteiger partial charge in [-0.25, -0.2) is 0 Å². The van der Waals surface area contributed by atoms with E-state index in [0.29, 0.717) is 26.1 Å². The highest BCUT2D eigenvalue weighted by Gasteiger charge is 2.43. The Bertz CT molecular complexity index is 662. The van der Waals surface area contributed by atoms with Gasteiger partial charge in [-0.1, -0.05) is 30.3 Å². The van der Waals surface area contributed by atoms with E-state index in [1.807, 2.05) is 18.2 Å². The van der Waals surface area contributed by atoms with Crippen LogP contribution in [-0.4, -0.2) is 64.0 Å². The van der Waals surface area contributed by atoms with Gasteiger partial charge in [0.05, 0.1) is 12.0 Å². The zero-order chi connectivity index (χ0) is 18.8. The van der Waals surface area contributed by atoms with E-state index in [1.165, 1.54) is 5.56 Å². The highest BCUT2D eigenvalue weighted by molar-refractivity contribution is 5.92. The minimum absolute atomic E-state index is 0.0645. The Balaban J connectivity index is 1.64. The molecule has 2 saturated heterocycles. The van der Waals surface area contributed by atoms with Gasteiger partial charge in [-0.3, -0.25) is 14.5 Å². The molecule has 0 aromatic heterocycles. The molecule has 1 atom stereocenters. The van der Waals surface area contributed by atoms with Crippen molar-refractivity contribution in [1.29, 1.82) is 0 Å². The Morgan fingerprint density at radius 1 is 1.23 bits per heavy atom. The normalized spacial score (nSPS) is 26.4. The molecule has 6 nitrogen and oxygen atoms in total. The molecule has 142 valence electrons. The molecule has 2 amide bonds. The molecule has 3 rings (SSSR count). The van der Waals surface area contributed by atoms with E-state index < -0.39 is 11.1 Å². The lowest BCUT2D eigenvalue weighted by atomic mass is 9.87. The van der Waals surface area contributed by atoms with E-state index in [0.717, 1.165) is 19.5 Å². The summed E-state index contributed by atoms with van der Waals surface area (Å²) in [4.78, 5) is 28.8. The van der Waals surface area contributed by atoms with Crippen molar-refractivity contribution in [2.75, 3.05) is 26.2 Å². The fourth-order valence-corrected chi connectivity index (χ4v) is 4.04. The third-order valence-electron chi connectivity index (χ3n) is 5.52. The zero-order valence-corrected chi connectivity index (χ0v) is 15.7. The molecule has 1 aromatic rings. The number of hydrogen-bond donors (Lipinski definition) is 2. The van der Waals surface area contributed by atoms with Crippen LogP contribution >= 0.6 is 0 Å². The van der Waals surface area contributed by atoms with Crippen LogP contribution in [0.1, 0.15) is 38.7 Å². The second kappa shape index (κ2) is 7.37. The third-order valence-corrected chi connectivity index (χ3v) is 5.52. The number of carbonyl (C=O) groups excluding carboxylic acids is 2. The van der Waals surface area contributed by atoms with E-state index in [4.69, 9.17) is 0 Å². The number of piperazine rings is 1. The fraction of sp³-hybridized carbons (Fsp3) is 0.600. The van der Waals surface area contributed by atoms with Gasteiger partial charge >= 0.3 is 0 Å². The lowest BCUT2D eigenvalue weighted by Gasteiger charge is -2.44. The Kier molecular flexibility index (Phi) is 5.34. The lowest BCUT2D eigenvalue weighted by molar-refractivity contribution is -0.154. The number of nitrogens with one attached hydrogen (secondary N) is 1. The van der Waals surface area contributed by atoms with Crippen molar-refractivity contribution in [3.05, 3.63) is 35.9 Å². The van der Waals surface area contributed by atoms with Gasteiger partial charge in [0.15, 0.2) is 0 Å². The van der Waals surface area contributed by atoms with Gasteiger partial charge in [-0.05, 0) is 38.8 Å². The Morgan fingerprint density at radius 3 is 2.69 bits per heavy atom. The smallest absolute Gasteiger partial charge is 0.245 e. The number of benzene rings is 1. The first-order valence-corrected chi connectivity index (χ1v) is 9.38. The van der Waals surface area contributed by atoms with Gasteiger partial charge in [0.25, 0.3) is 0 Å². The summed E-state index contributed by atoms with van der Waals surface area (Å²) >= 11 is 0. The first-order chi connectivity index (χ1) is 12.3. The van der Waals surface area contributed by atoms with Crippen LogP contribution in [0.15, 0.2) is 30.3 Å². The Labute approximate surface area is 155 Å². The van der Waals surface area contributed by atoms with Crippen molar-refractivity contribution >= 4 is 11.8 Å². The minimum Gasteiger partial charge on any atom is -0.388 e. The highest BCUT2D eigenvalue weighted by Crippen LogP contribution is 2.28. The van der Waals surface area contributed by atoms with E-state index in [1.54, 1.807) is 18.7 Å². The van der Waals surface area contributed by atoms with Crippen LogP contribution in [0.4, 0.5) is 0 Å². The summed E-state index contributed by atoms with van der Waals surface area (Å²) in [5.41, 5.74) is -0.699. The van der Waals surface area contributed by atoms with Crippen LogP contribution in [0, 0.1) is 0 Å². The topological polar surface area (TPSA) is 72.9 Å². The van der Waals surface area contributed by atoms with Crippen molar-refractivity contribution in [2.45, 2.75) is 50.8 Å². The molecule has 2 heterocycles. The molecule has 0 saturated carbocycles. The molecule has 2 N–H and O–H groups in total. The molecule has 2 fully saturated rings. The molecule has 2 aliphatic rings. The first kappa shape index (κ1) is 18.9. The molecule has 1 unspecified atom stereocenters. The van der Waals surface area contributed by atoms with Gasteiger partial charge in [0, 0.05) is 26.2 Å². The van der Waals surface area contributed by atoms with Gasteiger partial charge < -0.3 is 15.3 Å². The van der Waals surface area contributed by atoms with Crippen molar-refractivity contribution in [3.8, 4) is 0 Å². The monoisotopic (exact) mass is 359 g/mol. The van der Waals surface area contributed by atoms with E-state index >= 15 is 0 Å². The summed E-state index contributed by atoms with van der Waals surface area (Å²) in [6.45, 7) is 6.64. The number of β-amino-alcohol motifs (C(OH)–C–C–N with tert-alkyl or cyclic N) is 1. The number of aliphatic hydroxyl groups is 1. The van der Waals surface area contributed by atoms with Crippen LogP contribution < -0.4 is 5.32 Å². The largest absolute Gasteiger partial charge is 0.388 e. The maximum atomic E-state index is 12.9. The maximum absolute atomic E-state index is 12.9. The van der Waals surface area contributed by atoms with Crippen LogP contribution in [-0.2, 0) is 16.1 Å². The van der Waals surface area contributed by atoms with Crippen LogP contribution in [0.25, 0.3) is 0 Å². The molecule has 0 spiro atoms. The SMILES string of the molecule is CC1(C)C(=O)NCCN1C(=O)CC1(O)CCCN(Cc2ccccc2)C1. The number of likely N-dealkylation sites (tertiary alicyclic amines) is 1. The summed E-state index contributed by atoms with van der Waals surface area (Å²) in [6, 6.07) is 10.2. The van der Waals surface area contributed by atoms with Gasteiger partial charge in [0.1, 0.15) is 5.54 Å². The Morgan fingerprint density at radius 2 is 1.96 bits per heavy atom. The van der Waals surface area contributed by atoms with Crippen molar-refractivity contribution in [1.82, 2.24) is 15.1 Å².